The molecule has 0 atom stereocenters. The second-order valence-corrected chi connectivity index (χ2v) is 12.0. The zero-order chi connectivity index (χ0) is 27.6. The van der Waals surface area contributed by atoms with Crippen LogP contribution in [0.4, 0.5) is 0 Å². The Hall–Kier alpha value is -3.72. The van der Waals surface area contributed by atoms with Gasteiger partial charge in [0.05, 0.1) is 5.41 Å². The van der Waals surface area contributed by atoms with Gasteiger partial charge in [0.25, 0.3) is 0 Å². The van der Waals surface area contributed by atoms with Crippen LogP contribution in [0.2, 0.25) is 0 Å². The maximum atomic E-state index is 3.99. The molecule has 8 rings (SSSR count). The van der Waals surface area contributed by atoms with Crippen molar-refractivity contribution >= 4 is 31.9 Å². The minimum absolute atomic E-state index is 0.421. The average molecular weight is 654 g/mol. The summed E-state index contributed by atoms with van der Waals surface area (Å²) in [7, 11) is 0. The highest BCUT2D eigenvalue weighted by Gasteiger charge is 2.54. The van der Waals surface area contributed by atoms with Crippen LogP contribution in [0.1, 0.15) is 33.4 Å². The first-order chi connectivity index (χ1) is 20.3. The molecule has 6 aromatic rings. The Bertz CT molecular complexity index is 1910. The summed E-state index contributed by atoms with van der Waals surface area (Å²) in [5.41, 5.74) is 18.3. The van der Waals surface area contributed by atoms with Gasteiger partial charge in [0.1, 0.15) is 0 Å². The minimum atomic E-state index is -0.421. The molecule has 2 aliphatic rings. The maximum absolute atomic E-state index is 3.99. The van der Waals surface area contributed by atoms with Crippen LogP contribution in [-0.2, 0) is 16.1 Å². The highest BCUT2D eigenvalue weighted by molar-refractivity contribution is 9.09. The van der Waals surface area contributed by atoms with Crippen LogP contribution in [0.5, 0.6) is 0 Å². The van der Waals surface area contributed by atoms with E-state index < -0.39 is 5.41 Å². The van der Waals surface area contributed by atoms with Crippen molar-refractivity contribution in [2.75, 3.05) is 0 Å². The molecule has 0 N–H and O–H groups in total. The van der Waals surface area contributed by atoms with Crippen molar-refractivity contribution in [3.8, 4) is 44.5 Å². The number of fused-ring (bicyclic) bond motifs is 10. The average Bonchev–Trinajstić information content (AvgIpc) is 3.52. The third-order valence-electron chi connectivity index (χ3n) is 9.04. The highest BCUT2D eigenvalue weighted by atomic mass is 79.9. The summed E-state index contributed by atoms with van der Waals surface area (Å²) in [6.07, 6.45) is 0. The number of rotatable bonds is 4. The van der Waals surface area contributed by atoms with Crippen LogP contribution >= 0.6 is 31.9 Å². The molecule has 196 valence electrons. The van der Waals surface area contributed by atoms with E-state index in [-0.39, 0.29) is 0 Å². The maximum Gasteiger partial charge on any atom is 0.0731 e. The van der Waals surface area contributed by atoms with Crippen molar-refractivity contribution in [2.24, 2.45) is 0 Å². The molecule has 0 nitrogen and oxygen atoms in total. The monoisotopic (exact) mass is 652 g/mol. The Morgan fingerprint density at radius 2 is 0.780 bits per heavy atom. The van der Waals surface area contributed by atoms with Gasteiger partial charge in [0, 0.05) is 10.7 Å². The third-order valence-corrected chi connectivity index (χ3v) is 10.2. The van der Waals surface area contributed by atoms with Crippen LogP contribution in [-0.4, -0.2) is 0 Å². The lowest BCUT2D eigenvalue weighted by Gasteiger charge is -2.34. The molecule has 0 heterocycles. The number of hydrogen-bond donors (Lipinski definition) is 0. The lowest BCUT2D eigenvalue weighted by molar-refractivity contribution is 0.794. The lowest BCUT2D eigenvalue weighted by Crippen LogP contribution is -2.27. The first kappa shape index (κ1) is 25.0. The minimum Gasteiger partial charge on any atom is -0.0876 e. The Labute approximate surface area is 258 Å². The standard InChI is InChI=1S/C39H26Br2/c40-23-30-31(24-41)36(26-15-5-2-6-16-26)38-37(35(30)25-13-3-1-4-14-25)29-19-9-12-22-34(29)39(38)32-20-10-7-17-27(32)28-18-8-11-21-33(28)39/h1-22H,23-24H2. The van der Waals surface area contributed by atoms with Gasteiger partial charge in [-0.3, -0.25) is 0 Å². The Kier molecular flexibility index (Phi) is 5.91. The van der Waals surface area contributed by atoms with Crippen molar-refractivity contribution in [1.82, 2.24) is 0 Å². The number of hydrogen-bond acceptors (Lipinski definition) is 0. The molecule has 0 saturated carbocycles. The molecule has 2 heteroatoms. The van der Waals surface area contributed by atoms with E-state index in [0.29, 0.717) is 0 Å². The van der Waals surface area contributed by atoms with E-state index >= 15 is 0 Å². The molecule has 0 unspecified atom stereocenters. The van der Waals surface area contributed by atoms with Crippen LogP contribution in [0.3, 0.4) is 0 Å². The van der Waals surface area contributed by atoms with Gasteiger partial charge in [-0.2, -0.15) is 0 Å². The molecule has 0 bridgehead atoms. The third kappa shape index (κ3) is 3.32. The molecule has 41 heavy (non-hydrogen) atoms. The summed E-state index contributed by atoms with van der Waals surface area (Å²) < 4.78 is 0. The fourth-order valence-electron chi connectivity index (χ4n) is 7.60. The smallest absolute Gasteiger partial charge is 0.0731 e. The molecule has 0 radical (unpaired) electrons. The van der Waals surface area contributed by atoms with E-state index in [0.717, 1.165) is 10.7 Å². The molecule has 6 aromatic carbocycles. The Morgan fingerprint density at radius 1 is 0.390 bits per heavy atom. The normalized spacial score (nSPS) is 13.5. The van der Waals surface area contributed by atoms with E-state index in [9.17, 15) is 0 Å². The molecule has 0 fully saturated rings. The predicted octanol–water partition coefficient (Wildman–Crippen LogP) is 11.2. The topological polar surface area (TPSA) is 0 Å². The fraction of sp³-hybridized carbons (Fsp3) is 0.0769. The van der Waals surface area contributed by atoms with Gasteiger partial charge in [-0.25, -0.2) is 0 Å². The summed E-state index contributed by atoms with van der Waals surface area (Å²) in [4.78, 5) is 0. The quantitative estimate of drug-likeness (QED) is 0.166. The number of alkyl halides is 2. The van der Waals surface area contributed by atoms with E-state index in [1.807, 2.05) is 0 Å². The first-order valence-electron chi connectivity index (χ1n) is 14.0. The molecule has 0 aliphatic heterocycles. The molecular weight excluding hydrogens is 628 g/mol. The molecule has 0 aromatic heterocycles. The second-order valence-electron chi connectivity index (χ2n) is 10.8. The summed E-state index contributed by atoms with van der Waals surface area (Å²) in [5, 5.41) is 1.54. The van der Waals surface area contributed by atoms with Crippen LogP contribution in [0.15, 0.2) is 133 Å². The van der Waals surface area contributed by atoms with Crippen LogP contribution < -0.4 is 0 Å². The predicted molar refractivity (Wildman–Crippen MR) is 179 cm³/mol. The Balaban J connectivity index is 1.68. The largest absolute Gasteiger partial charge is 0.0876 e. The van der Waals surface area contributed by atoms with E-state index in [1.54, 1.807) is 0 Å². The van der Waals surface area contributed by atoms with Crippen molar-refractivity contribution in [3.05, 3.63) is 167 Å². The first-order valence-corrected chi connectivity index (χ1v) is 16.3. The van der Waals surface area contributed by atoms with Crippen molar-refractivity contribution in [1.29, 1.82) is 0 Å². The summed E-state index contributed by atoms with van der Waals surface area (Å²) in [6, 6.07) is 49.3. The van der Waals surface area contributed by atoms with Gasteiger partial charge in [-0.05, 0) is 77.9 Å². The number of halogens is 2. The van der Waals surface area contributed by atoms with Crippen molar-refractivity contribution in [2.45, 2.75) is 16.1 Å². The number of benzene rings is 6. The SMILES string of the molecule is BrCc1c(CBr)c(-c2ccccc2)c2c(c1-c1ccccc1)-c1ccccc1C21c2ccccc2-c2ccccc21. The molecule has 2 aliphatic carbocycles. The van der Waals surface area contributed by atoms with Crippen LogP contribution in [0, 0.1) is 0 Å². The zero-order valence-electron chi connectivity index (χ0n) is 22.4. The molecule has 0 amide bonds. The van der Waals surface area contributed by atoms with Gasteiger partial charge < -0.3 is 0 Å². The van der Waals surface area contributed by atoms with Gasteiger partial charge in [-0.1, -0.05) is 165 Å². The highest BCUT2D eigenvalue weighted by Crippen LogP contribution is 2.66. The summed E-state index contributed by atoms with van der Waals surface area (Å²) >= 11 is 7.95. The van der Waals surface area contributed by atoms with Gasteiger partial charge >= 0.3 is 0 Å². The van der Waals surface area contributed by atoms with Gasteiger partial charge in [0.2, 0.25) is 0 Å². The summed E-state index contributed by atoms with van der Waals surface area (Å²) in [5.74, 6) is 0. The second kappa shape index (κ2) is 9.69. The van der Waals surface area contributed by atoms with Crippen molar-refractivity contribution < 1.29 is 0 Å². The summed E-state index contributed by atoms with van der Waals surface area (Å²) in [6.45, 7) is 0. The Morgan fingerprint density at radius 3 is 1.29 bits per heavy atom. The van der Waals surface area contributed by atoms with E-state index in [1.165, 1.54) is 77.9 Å². The molecular formula is C39H26Br2. The van der Waals surface area contributed by atoms with Gasteiger partial charge in [0.15, 0.2) is 0 Å². The fourth-order valence-corrected chi connectivity index (χ4v) is 8.83. The zero-order valence-corrected chi connectivity index (χ0v) is 25.5. The molecule has 1 spiro atoms. The van der Waals surface area contributed by atoms with Gasteiger partial charge in [-0.15, -0.1) is 0 Å². The van der Waals surface area contributed by atoms with Crippen molar-refractivity contribution in [3.63, 3.8) is 0 Å². The van der Waals surface area contributed by atoms with E-state index in [4.69, 9.17) is 0 Å². The lowest BCUT2D eigenvalue weighted by atomic mass is 9.67. The van der Waals surface area contributed by atoms with Crippen LogP contribution in [0.25, 0.3) is 44.5 Å². The van der Waals surface area contributed by atoms with E-state index in [2.05, 4.69) is 165 Å². The molecule has 0 saturated heterocycles.